The summed E-state index contributed by atoms with van der Waals surface area (Å²) in [6, 6.07) is 0. The lowest BCUT2D eigenvalue weighted by molar-refractivity contribution is 0.495. The number of fused-ring (bicyclic) bond motifs is 1. The minimum atomic E-state index is 1.14. The summed E-state index contributed by atoms with van der Waals surface area (Å²) in [6.07, 6.45) is 10.8. The van der Waals surface area contributed by atoms with E-state index in [1.807, 2.05) is 6.26 Å². The standard InChI is InChI=1S/C12H18O/c1-2-3-8-12-11-7-5-4-6-10(11)9-13-12/h9H,2-8H2,1H3. The Morgan fingerprint density at radius 2 is 2.15 bits per heavy atom. The van der Waals surface area contributed by atoms with Gasteiger partial charge in [-0.2, -0.15) is 0 Å². The van der Waals surface area contributed by atoms with Crippen LogP contribution in [0.2, 0.25) is 0 Å². The van der Waals surface area contributed by atoms with Crippen LogP contribution in [0.4, 0.5) is 0 Å². The second kappa shape index (κ2) is 3.99. The van der Waals surface area contributed by atoms with Gasteiger partial charge in [-0.1, -0.05) is 13.3 Å². The van der Waals surface area contributed by atoms with Gasteiger partial charge in [-0.3, -0.25) is 0 Å². The quantitative estimate of drug-likeness (QED) is 0.690. The van der Waals surface area contributed by atoms with Crippen molar-refractivity contribution in [3.05, 3.63) is 23.2 Å². The van der Waals surface area contributed by atoms with Gasteiger partial charge >= 0.3 is 0 Å². The predicted molar refractivity (Wildman–Crippen MR) is 54.0 cm³/mol. The van der Waals surface area contributed by atoms with Crippen molar-refractivity contribution in [2.24, 2.45) is 0 Å². The molecular formula is C12H18O. The zero-order valence-electron chi connectivity index (χ0n) is 8.44. The van der Waals surface area contributed by atoms with Crippen molar-refractivity contribution < 1.29 is 4.42 Å². The van der Waals surface area contributed by atoms with E-state index in [9.17, 15) is 0 Å². The van der Waals surface area contributed by atoms with Crippen LogP contribution in [-0.2, 0) is 19.3 Å². The molecule has 0 aliphatic heterocycles. The highest BCUT2D eigenvalue weighted by Gasteiger charge is 2.16. The Morgan fingerprint density at radius 3 is 3.00 bits per heavy atom. The third-order valence-corrected chi connectivity index (χ3v) is 2.95. The molecule has 0 unspecified atom stereocenters. The first-order chi connectivity index (χ1) is 6.42. The van der Waals surface area contributed by atoms with Crippen molar-refractivity contribution in [1.82, 2.24) is 0 Å². The SMILES string of the molecule is CCCCc1occ2c1CCCC2. The third kappa shape index (κ3) is 1.79. The molecule has 2 rings (SSSR count). The Bertz CT molecular complexity index is 273. The molecule has 0 N–H and O–H groups in total. The van der Waals surface area contributed by atoms with Crippen LogP contribution in [0.1, 0.15) is 49.5 Å². The number of hydrogen-bond acceptors (Lipinski definition) is 1. The van der Waals surface area contributed by atoms with Gasteiger partial charge in [0.1, 0.15) is 5.76 Å². The van der Waals surface area contributed by atoms with E-state index in [1.54, 1.807) is 5.56 Å². The van der Waals surface area contributed by atoms with Crippen LogP contribution >= 0.6 is 0 Å². The largest absolute Gasteiger partial charge is 0.469 e. The van der Waals surface area contributed by atoms with Crippen LogP contribution in [-0.4, -0.2) is 0 Å². The number of furan rings is 1. The lowest BCUT2D eigenvalue weighted by atomic mass is 9.93. The molecule has 1 heteroatoms. The second-order valence-corrected chi connectivity index (χ2v) is 3.97. The van der Waals surface area contributed by atoms with Crippen LogP contribution in [0, 0.1) is 0 Å². The summed E-state index contributed by atoms with van der Waals surface area (Å²) in [5.41, 5.74) is 3.03. The second-order valence-electron chi connectivity index (χ2n) is 3.97. The molecule has 1 nitrogen and oxygen atoms in total. The van der Waals surface area contributed by atoms with Gasteiger partial charge in [-0.15, -0.1) is 0 Å². The fraction of sp³-hybridized carbons (Fsp3) is 0.667. The molecule has 0 bridgehead atoms. The number of unbranched alkanes of at least 4 members (excludes halogenated alkanes) is 1. The fourth-order valence-corrected chi connectivity index (χ4v) is 2.14. The Hall–Kier alpha value is -0.720. The molecule has 1 heterocycles. The zero-order chi connectivity index (χ0) is 9.10. The molecule has 1 aromatic heterocycles. The summed E-state index contributed by atoms with van der Waals surface area (Å²) >= 11 is 0. The van der Waals surface area contributed by atoms with Gasteiger partial charge in [0.2, 0.25) is 0 Å². The zero-order valence-corrected chi connectivity index (χ0v) is 8.44. The lowest BCUT2D eigenvalue weighted by Gasteiger charge is -2.10. The van der Waals surface area contributed by atoms with Crippen LogP contribution in [0.3, 0.4) is 0 Å². The Morgan fingerprint density at radius 1 is 1.31 bits per heavy atom. The first kappa shape index (κ1) is 8.86. The van der Waals surface area contributed by atoms with Gasteiger partial charge in [-0.25, -0.2) is 0 Å². The summed E-state index contributed by atoms with van der Waals surface area (Å²) in [5.74, 6) is 1.27. The Balaban J connectivity index is 2.12. The maximum atomic E-state index is 5.62. The maximum absolute atomic E-state index is 5.62. The number of hydrogen-bond donors (Lipinski definition) is 0. The van der Waals surface area contributed by atoms with Crippen molar-refractivity contribution in [3.63, 3.8) is 0 Å². The van der Waals surface area contributed by atoms with E-state index in [1.165, 1.54) is 49.8 Å². The van der Waals surface area contributed by atoms with Crippen molar-refractivity contribution in [2.45, 2.75) is 51.9 Å². The third-order valence-electron chi connectivity index (χ3n) is 2.95. The average Bonchev–Trinajstić information content (AvgIpc) is 2.58. The first-order valence-corrected chi connectivity index (χ1v) is 5.50. The van der Waals surface area contributed by atoms with Gasteiger partial charge in [0, 0.05) is 6.42 Å². The summed E-state index contributed by atoms with van der Waals surface area (Å²) in [4.78, 5) is 0. The smallest absolute Gasteiger partial charge is 0.107 e. The molecular weight excluding hydrogens is 160 g/mol. The maximum Gasteiger partial charge on any atom is 0.107 e. The molecule has 1 aliphatic carbocycles. The van der Waals surface area contributed by atoms with E-state index < -0.39 is 0 Å². The highest BCUT2D eigenvalue weighted by atomic mass is 16.3. The van der Waals surface area contributed by atoms with Crippen molar-refractivity contribution in [2.75, 3.05) is 0 Å². The van der Waals surface area contributed by atoms with E-state index >= 15 is 0 Å². The Labute approximate surface area is 80.1 Å². The van der Waals surface area contributed by atoms with Crippen molar-refractivity contribution in [3.8, 4) is 0 Å². The lowest BCUT2D eigenvalue weighted by Crippen LogP contribution is -2.01. The first-order valence-electron chi connectivity index (χ1n) is 5.50. The monoisotopic (exact) mass is 178 g/mol. The minimum absolute atomic E-state index is 1.14. The molecule has 13 heavy (non-hydrogen) atoms. The molecule has 0 atom stereocenters. The Kier molecular flexibility index (Phi) is 2.72. The van der Waals surface area contributed by atoms with Crippen LogP contribution in [0.5, 0.6) is 0 Å². The average molecular weight is 178 g/mol. The molecule has 0 aromatic carbocycles. The summed E-state index contributed by atoms with van der Waals surface area (Å²) in [5, 5.41) is 0. The summed E-state index contributed by atoms with van der Waals surface area (Å²) in [6.45, 7) is 2.23. The van der Waals surface area contributed by atoms with Gasteiger partial charge in [0.05, 0.1) is 6.26 Å². The molecule has 0 spiro atoms. The van der Waals surface area contributed by atoms with Crippen molar-refractivity contribution in [1.29, 1.82) is 0 Å². The number of aryl methyl sites for hydroxylation is 2. The summed E-state index contributed by atoms with van der Waals surface area (Å²) in [7, 11) is 0. The molecule has 1 aromatic rings. The van der Waals surface area contributed by atoms with E-state index in [2.05, 4.69) is 6.92 Å². The summed E-state index contributed by atoms with van der Waals surface area (Å²) < 4.78 is 5.62. The topological polar surface area (TPSA) is 13.1 Å². The molecule has 1 aliphatic rings. The van der Waals surface area contributed by atoms with Gasteiger partial charge in [-0.05, 0) is 43.2 Å². The minimum Gasteiger partial charge on any atom is -0.469 e. The normalized spacial score (nSPS) is 15.8. The molecule has 0 amide bonds. The van der Waals surface area contributed by atoms with Gasteiger partial charge in [0.25, 0.3) is 0 Å². The van der Waals surface area contributed by atoms with E-state index in [0.717, 1.165) is 6.42 Å². The van der Waals surface area contributed by atoms with Crippen LogP contribution in [0.25, 0.3) is 0 Å². The van der Waals surface area contributed by atoms with Crippen LogP contribution < -0.4 is 0 Å². The van der Waals surface area contributed by atoms with Gasteiger partial charge in [0.15, 0.2) is 0 Å². The molecule has 0 saturated heterocycles. The van der Waals surface area contributed by atoms with E-state index in [4.69, 9.17) is 4.42 Å². The number of rotatable bonds is 3. The van der Waals surface area contributed by atoms with E-state index in [0.29, 0.717) is 0 Å². The molecule has 0 saturated carbocycles. The highest BCUT2D eigenvalue weighted by Crippen LogP contribution is 2.27. The predicted octanol–water partition coefficient (Wildman–Crippen LogP) is 3.50. The van der Waals surface area contributed by atoms with E-state index in [-0.39, 0.29) is 0 Å². The molecule has 72 valence electrons. The van der Waals surface area contributed by atoms with Crippen LogP contribution in [0.15, 0.2) is 10.7 Å². The van der Waals surface area contributed by atoms with Gasteiger partial charge < -0.3 is 4.42 Å². The highest BCUT2D eigenvalue weighted by molar-refractivity contribution is 5.30. The van der Waals surface area contributed by atoms with Crippen molar-refractivity contribution >= 4 is 0 Å². The molecule has 0 radical (unpaired) electrons. The molecule has 0 fully saturated rings. The fourth-order valence-electron chi connectivity index (χ4n) is 2.14.